The molecule has 0 aliphatic heterocycles. The maximum absolute atomic E-state index is 2.18. The second-order valence-electron chi connectivity index (χ2n) is 3.34. The van der Waals surface area contributed by atoms with Crippen LogP contribution in [-0.4, -0.2) is 0 Å². The lowest BCUT2D eigenvalue weighted by Crippen LogP contribution is -3.00. The van der Waals surface area contributed by atoms with Crippen LogP contribution in [0.15, 0.2) is 54.9 Å². The van der Waals surface area contributed by atoms with Gasteiger partial charge in [-0.3, -0.25) is 0 Å². The molecule has 1 nitrogen and oxygen atoms in total. The highest BCUT2D eigenvalue weighted by molar-refractivity contribution is 5.80. The summed E-state index contributed by atoms with van der Waals surface area (Å²) in [6, 6.07) is 10.6. The van der Waals surface area contributed by atoms with Crippen LogP contribution in [0.4, 0.5) is 0 Å². The van der Waals surface area contributed by atoms with Crippen LogP contribution in [0.2, 0.25) is 0 Å². The molecular formula is C13H14BrN. The second kappa shape index (κ2) is 5.66. The van der Waals surface area contributed by atoms with Crippen LogP contribution in [0.1, 0.15) is 6.92 Å². The molecule has 0 unspecified atom stereocenters. The van der Waals surface area contributed by atoms with Gasteiger partial charge in [-0.1, -0.05) is 24.3 Å². The molecule has 0 radical (unpaired) electrons. The lowest BCUT2D eigenvalue weighted by Gasteiger charge is -1.95. The van der Waals surface area contributed by atoms with Crippen LogP contribution in [0.3, 0.4) is 0 Å². The molecule has 0 saturated carbocycles. The molecule has 1 aromatic carbocycles. The van der Waals surface area contributed by atoms with Crippen LogP contribution >= 0.6 is 0 Å². The van der Waals surface area contributed by atoms with E-state index in [2.05, 4.69) is 59.4 Å². The third kappa shape index (κ3) is 2.90. The summed E-state index contributed by atoms with van der Waals surface area (Å²) in [5.41, 5.74) is 0. The molecule has 0 aliphatic rings. The third-order valence-electron chi connectivity index (χ3n) is 2.30. The van der Waals surface area contributed by atoms with Gasteiger partial charge in [0, 0.05) is 11.5 Å². The number of halogens is 1. The predicted octanol–water partition coefficient (Wildman–Crippen LogP) is -0.293. The molecule has 0 saturated heterocycles. The Morgan fingerprint density at radius 3 is 2.60 bits per heavy atom. The van der Waals surface area contributed by atoms with Crippen LogP contribution in [-0.2, 0) is 6.54 Å². The van der Waals surface area contributed by atoms with Crippen LogP contribution in [0, 0.1) is 0 Å². The average Bonchev–Trinajstić information content (AvgIpc) is 2.26. The molecule has 0 amide bonds. The van der Waals surface area contributed by atoms with Gasteiger partial charge in [0.25, 0.3) is 0 Å². The number of nitrogens with zero attached hydrogens (tertiary/aromatic N) is 1. The Hall–Kier alpha value is -1.15. The first-order valence-electron chi connectivity index (χ1n) is 4.89. The van der Waals surface area contributed by atoms with E-state index in [0.717, 1.165) is 6.54 Å². The van der Waals surface area contributed by atoms with Gasteiger partial charge < -0.3 is 17.0 Å². The smallest absolute Gasteiger partial charge is 0.176 e. The van der Waals surface area contributed by atoms with Crippen molar-refractivity contribution in [1.82, 2.24) is 0 Å². The van der Waals surface area contributed by atoms with Gasteiger partial charge in [-0.15, -0.1) is 0 Å². The summed E-state index contributed by atoms with van der Waals surface area (Å²) in [7, 11) is 0. The standard InChI is InChI=1S/C13H14N.BrH/c1-2-3-9-14-10-8-12-6-4-5-7-13(12)11-14;/h2-8,10-11H,9H2,1H3;1H/q+1;/p-1/b3-2+;. The van der Waals surface area contributed by atoms with Gasteiger partial charge in [0.15, 0.2) is 18.9 Å². The monoisotopic (exact) mass is 263 g/mol. The molecule has 0 spiro atoms. The van der Waals surface area contributed by atoms with Crippen molar-refractivity contribution in [3.8, 4) is 0 Å². The Bertz CT molecular complexity index is 463. The molecule has 1 aromatic heterocycles. The fourth-order valence-corrected chi connectivity index (χ4v) is 1.52. The zero-order valence-corrected chi connectivity index (χ0v) is 10.3. The first-order valence-corrected chi connectivity index (χ1v) is 4.89. The zero-order valence-electron chi connectivity index (χ0n) is 8.73. The summed E-state index contributed by atoms with van der Waals surface area (Å²) in [6.07, 6.45) is 8.51. The molecule has 0 bridgehead atoms. The minimum absolute atomic E-state index is 0. The number of rotatable bonds is 2. The topological polar surface area (TPSA) is 3.88 Å². The van der Waals surface area contributed by atoms with Crippen LogP contribution in [0.25, 0.3) is 10.8 Å². The lowest BCUT2D eigenvalue weighted by atomic mass is 10.2. The van der Waals surface area contributed by atoms with Crippen molar-refractivity contribution in [2.45, 2.75) is 13.5 Å². The van der Waals surface area contributed by atoms with E-state index in [1.165, 1.54) is 10.8 Å². The molecule has 0 N–H and O–H groups in total. The summed E-state index contributed by atoms with van der Waals surface area (Å²) in [5, 5.41) is 2.59. The van der Waals surface area contributed by atoms with E-state index in [1.54, 1.807) is 0 Å². The Balaban J connectivity index is 0.00000112. The highest BCUT2D eigenvalue weighted by Gasteiger charge is 1.99. The van der Waals surface area contributed by atoms with Crippen molar-refractivity contribution in [2.75, 3.05) is 0 Å². The first-order chi connectivity index (χ1) is 6.90. The lowest BCUT2D eigenvalue weighted by molar-refractivity contribution is -0.685. The van der Waals surface area contributed by atoms with Crippen molar-refractivity contribution >= 4 is 10.8 Å². The molecule has 2 rings (SSSR count). The number of pyridine rings is 1. The summed E-state index contributed by atoms with van der Waals surface area (Å²) in [6.45, 7) is 2.99. The molecule has 2 aromatic rings. The number of aromatic nitrogens is 1. The van der Waals surface area contributed by atoms with Gasteiger partial charge >= 0.3 is 0 Å². The first kappa shape index (κ1) is 11.9. The Morgan fingerprint density at radius 1 is 1.13 bits per heavy atom. The van der Waals surface area contributed by atoms with Gasteiger partial charge in [-0.05, 0) is 24.5 Å². The van der Waals surface area contributed by atoms with Gasteiger partial charge in [0.1, 0.15) is 0 Å². The van der Waals surface area contributed by atoms with Gasteiger partial charge in [0.2, 0.25) is 0 Å². The SMILES string of the molecule is C/C=C/C[n+]1ccc2ccccc2c1.[Br-]. The Morgan fingerprint density at radius 2 is 1.87 bits per heavy atom. The van der Waals surface area contributed by atoms with E-state index in [1.807, 2.05) is 6.92 Å². The largest absolute Gasteiger partial charge is 1.00 e. The number of allylic oxidation sites excluding steroid dienone is 2. The van der Waals surface area contributed by atoms with Gasteiger partial charge in [-0.2, -0.15) is 0 Å². The fourth-order valence-electron chi connectivity index (χ4n) is 1.52. The summed E-state index contributed by atoms with van der Waals surface area (Å²) < 4.78 is 2.18. The minimum Gasteiger partial charge on any atom is -1.00 e. The third-order valence-corrected chi connectivity index (χ3v) is 2.30. The molecule has 0 fully saturated rings. The van der Waals surface area contributed by atoms with E-state index in [4.69, 9.17) is 0 Å². The van der Waals surface area contributed by atoms with Crippen molar-refractivity contribution in [2.24, 2.45) is 0 Å². The van der Waals surface area contributed by atoms with Gasteiger partial charge in [-0.25, -0.2) is 4.57 Å². The zero-order chi connectivity index (χ0) is 9.80. The van der Waals surface area contributed by atoms with Crippen molar-refractivity contribution in [3.63, 3.8) is 0 Å². The minimum atomic E-state index is 0. The summed E-state index contributed by atoms with van der Waals surface area (Å²) in [5.74, 6) is 0. The van der Waals surface area contributed by atoms with E-state index < -0.39 is 0 Å². The van der Waals surface area contributed by atoms with Crippen LogP contribution < -0.4 is 21.5 Å². The number of fused-ring (bicyclic) bond motifs is 1. The van der Waals surface area contributed by atoms with Crippen molar-refractivity contribution < 1.29 is 21.5 Å². The number of hydrogen-bond donors (Lipinski definition) is 0. The predicted molar refractivity (Wildman–Crippen MR) is 59.0 cm³/mol. The molecular weight excluding hydrogens is 250 g/mol. The van der Waals surface area contributed by atoms with E-state index >= 15 is 0 Å². The number of hydrogen-bond acceptors (Lipinski definition) is 0. The van der Waals surface area contributed by atoms with E-state index in [-0.39, 0.29) is 17.0 Å². The fraction of sp³-hybridized carbons (Fsp3) is 0.154. The Kier molecular flexibility index (Phi) is 4.50. The van der Waals surface area contributed by atoms with Crippen molar-refractivity contribution in [3.05, 3.63) is 54.9 Å². The molecule has 78 valence electrons. The highest BCUT2D eigenvalue weighted by Crippen LogP contribution is 2.09. The summed E-state index contributed by atoms with van der Waals surface area (Å²) >= 11 is 0. The quantitative estimate of drug-likeness (QED) is 0.518. The molecule has 0 atom stereocenters. The van der Waals surface area contributed by atoms with Crippen LogP contribution in [0.5, 0.6) is 0 Å². The normalized spacial score (nSPS) is 10.5. The molecule has 15 heavy (non-hydrogen) atoms. The van der Waals surface area contributed by atoms with E-state index in [9.17, 15) is 0 Å². The molecule has 0 aliphatic carbocycles. The maximum atomic E-state index is 2.18. The van der Waals surface area contributed by atoms with E-state index in [0.29, 0.717) is 0 Å². The average molecular weight is 264 g/mol. The van der Waals surface area contributed by atoms with Crippen molar-refractivity contribution in [1.29, 1.82) is 0 Å². The number of benzene rings is 1. The van der Waals surface area contributed by atoms with Gasteiger partial charge in [0.05, 0.1) is 0 Å². The second-order valence-corrected chi connectivity index (χ2v) is 3.34. The molecule has 2 heteroatoms. The molecule has 1 heterocycles. The highest BCUT2D eigenvalue weighted by atomic mass is 79.9. The summed E-state index contributed by atoms with van der Waals surface area (Å²) in [4.78, 5) is 0. The Labute approximate surface area is 101 Å². The maximum Gasteiger partial charge on any atom is 0.176 e.